The summed E-state index contributed by atoms with van der Waals surface area (Å²) in [5, 5.41) is 2.08. The number of hydrogen-bond acceptors (Lipinski definition) is 3. The minimum Gasteiger partial charge on any atom is -0.383 e. The van der Waals surface area contributed by atoms with Gasteiger partial charge in [0.2, 0.25) is 5.91 Å². The normalized spacial score (nSPS) is 13.5. The largest absolute Gasteiger partial charge is 0.401 e. The molecule has 1 N–H and O–H groups in total. The van der Waals surface area contributed by atoms with Gasteiger partial charge in [-0.1, -0.05) is 0 Å². The molecule has 4 nitrogen and oxygen atoms in total. The molecule has 7 heteroatoms. The standard InChI is InChI=1S/C10H19F3N2O2/c1-4-15(8(2)6-17-3)9(16)5-14-7-10(11,12)13/h8,14H,4-7H2,1-3H3. The van der Waals surface area contributed by atoms with E-state index in [0.717, 1.165) is 0 Å². The summed E-state index contributed by atoms with van der Waals surface area (Å²) < 4.78 is 40.5. The SMILES string of the molecule is CCN(C(=O)CNCC(F)(F)F)C(C)COC. The Morgan fingerprint density at radius 2 is 2.06 bits per heavy atom. The minimum atomic E-state index is -4.30. The highest BCUT2D eigenvalue weighted by atomic mass is 19.4. The molecule has 1 atom stereocenters. The summed E-state index contributed by atoms with van der Waals surface area (Å²) in [6.45, 7) is 2.88. The Labute approximate surface area is 99.1 Å². The van der Waals surface area contributed by atoms with Crippen molar-refractivity contribution in [3.8, 4) is 0 Å². The van der Waals surface area contributed by atoms with Gasteiger partial charge in [-0.05, 0) is 13.8 Å². The molecule has 0 aliphatic carbocycles. The van der Waals surface area contributed by atoms with Crippen LogP contribution in [0.15, 0.2) is 0 Å². The first-order valence-electron chi connectivity index (χ1n) is 5.37. The van der Waals surface area contributed by atoms with Gasteiger partial charge in [0, 0.05) is 13.7 Å². The number of ether oxygens (including phenoxy) is 1. The second-order valence-electron chi connectivity index (χ2n) is 3.70. The lowest BCUT2D eigenvalue weighted by atomic mass is 10.3. The lowest BCUT2D eigenvalue weighted by molar-refractivity contribution is -0.136. The van der Waals surface area contributed by atoms with Crippen molar-refractivity contribution in [3.63, 3.8) is 0 Å². The third kappa shape index (κ3) is 7.17. The summed E-state index contributed by atoms with van der Waals surface area (Å²) in [6, 6.07) is -0.148. The number of likely N-dealkylation sites (N-methyl/N-ethyl adjacent to an activating group) is 1. The zero-order valence-corrected chi connectivity index (χ0v) is 10.3. The van der Waals surface area contributed by atoms with Crippen LogP contribution in [0.5, 0.6) is 0 Å². The molecular weight excluding hydrogens is 237 g/mol. The molecular formula is C10H19F3N2O2. The van der Waals surface area contributed by atoms with Gasteiger partial charge in [0.25, 0.3) is 0 Å². The molecule has 102 valence electrons. The summed E-state index contributed by atoms with van der Waals surface area (Å²) in [4.78, 5) is 13.1. The molecule has 0 aliphatic heterocycles. The van der Waals surface area contributed by atoms with Crippen LogP contribution >= 0.6 is 0 Å². The van der Waals surface area contributed by atoms with Crippen LogP contribution in [0.4, 0.5) is 13.2 Å². The molecule has 17 heavy (non-hydrogen) atoms. The maximum absolute atomic E-state index is 11.9. The summed E-state index contributed by atoms with van der Waals surface area (Å²) in [7, 11) is 1.51. The number of carbonyl (C=O) groups is 1. The third-order valence-electron chi connectivity index (χ3n) is 2.20. The van der Waals surface area contributed by atoms with E-state index in [1.165, 1.54) is 12.0 Å². The van der Waals surface area contributed by atoms with E-state index in [2.05, 4.69) is 5.32 Å². The Morgan fingerprint density at radius 1 is 1.47 bits per heavy atom. The van der Waals surface area contributed by atoms with Crippen LogP contribution in [-0.4, -0.2) is 56.4 Å². The van der Waals surface area contributed by atoms with E-state index in [-0.39, 0.29) is 18.5 Å². The van der Waals surface area contributed by atoms with E-state index in [4.69, 9.17) is 4.74 Å². The Kier molecular flexibility index (Phi) is 7.13. The fourth-order valence-electron chi connectivity index (χ4n) is 1.48. The topological polar surface area (TPSA) is 41.6 Å². The Balaban J connectivity index is 4.09. The number of amides is 1. The number of alkyl halides is 3. The predicted molar refractivity (Wildman–Crippen MR) is 57.6 cm³/mol. The number of hydrogen-bond donors (Lipinski definition) is 1. The summed E-state index contributed by atoms with van der Waals surface area (Å²) >= 11 is 0. The van der Waals surface area contributed by atoms with Crippen LogP contribution < -0.4 is 5.32 Å². The molecule has 0 fully saturated rings. The van der Waals surface area contributed by atoms with Crippen molar-refractivity contribution in [1.29, 1.82) is 0 Å². The first-order chi connectivity index (χ1) is 7.81. The highest BCUT2D eigenvalue weighted by molar-refractivity contribution is 5.78. The molecule has 0 aromatic rings. The maximum atomic E-state index is 11.9. The van der Waals surface area contributed by atoms with Gasteiger partial charge in [0.15, 0.2) is 0 Å². The summed E-state index contributed by atoms with van der Waals surface area (Å²) in [5.74, 6) is -0.360. The highest BCUT2D eigenvalue weighted by Gasteiger charge is 2.27. The maximum Gasteiger partial charge on any atom is 0.401 e. The molecule has 0 spiro atoms. The molecule has 0 aromatic heterocycles. The van der Waals surface area contributed by atoms with E-state index in [0.29, 0.717) is 13.2 Å². The van der Waals surface area contributed by atoms with Gasteiger partial charge in [-0.25, -0.2) is 0 Å². The van der Waals surface area contributed by atoms with Gasteiger partial charge in [-0.2, -0.15) is 13.2 Å². The van der Waals surface area contributed by atoms with Crippen molar-refractivity contribution < 1.29 is 22.7 Å². The number of halogens is 3. The molecule has 0 saturated heterocycles. The zero-order chi connectivity index (χ0) is 13.5. The quantitative estimate of drug-likeness (QED) is 0.739. The lowest BCUT2D eigenvalue weighted by Gasteiger charge is -2.27. The molecule has 0 aromatic carbocycles. The zero-order valence-electron chi connectivity index (χ0n) is 10.3. The molecule has 0 saturated carbocycles. The first-order valence-corrected chi connectivity index (χ1v) is 5.37. The van der Waals surface area contributed by atoms with Gasteiger partial charge in [-0.15, -0.1) is 0 Å². The Morgan fingerprint density at radius 3 is 2.47 bits per heavy atom. The second kappa shape index (κ2) is 7.50. The monoisotopic (exact) mass is 256 g/mol. The van der Waals surface area contributed by atoms with Crippen LogP contribution in [0.2, 0.25) is 0 Å². The molecule has 1 unspecified atom stereocenters. The van der Waals surface area contributed by atoms with Gasteiger partial charge in [0.1, 0.15) is 0 Å². The fourth-order valence-corrected chi connectivity index (χ4v) is 1.48. The van der Waals surface area contributed by atoms with Crippen LogP contribution in [0.1, 0.15) is 13.8 Å². The van der Waals surface area contributed by atoms with E-state index >= 15 is 0 Å². The van der Waals surface area contributed by atoms with E-state index in [1.807, 2.05) is 0 Å². The number of nitrogens with one attached hydrogen (secondary N) is 1. The van der Waals surface area contributed by atoms with Crippen LogP contribution in [-0.2, 0) is 9.53 Å². The highest BCUT2D eigenvalue weighted by Crippen LogP contribution is 2.12. The average molecular weight is 256 g/mol. The molecule has 0 aliphatic rings. The fraction of sp³-hybridized carbons (Fsp3) is 0.900. The third-order valence-corrected chi connectivity index (χ3v) is 2.20. The molecule has 0 bridgehead atoms. The van der Waals surface area contributed by atoms with E-state index < -0.39 is 12.7 Å². The molecule has 1 amide bonds. The van der Waals surface area contributed by atoms with Gasteiger partial charge in [-0.3, -0.25) is 4.79 Å². The molecule has 0 radical (unpaired) electrons. The van der Waals surface area contributed by atoms with E-state index in [1.54, 1.807) is 13.8 Å². The second-order valence-corrected chi connectivity index (χ2v) is 3.70. The number of nitrogens with zero attached hydrogens (tertiary/aromatic N) is 1. The van der Waals surface area contributed by atoms with Crippen molar-refractivity contribution >= 4 is 5.91 Å². The minimum absolute atomic E-state index is 0.148. The van der Waals surface area contributed by atoms with E-state index in [9.17, 15) is 18.0 Å². The van der Waals surface area contributed by atoms with Crippen LogP contribution in [0, 0.1) is 0 Å². The van der Waals surface area contributed by atoms with Crippen molar-refractivity contribution in [2.75, 3.05) is 33.4 Å². The first kappa shape index (κ1) is 16.2. The molecule has 0 heterocycles. The van der Waals surface area contributed by atoms with Crippen molar-refractivity contribution in [3.05, 3.63) is 0 Å². The predicted octanol–water partition coefficient (Wildman–Crippen LogP) is 1.02. The van der Waals surface area contributed by atoms with Crippen LogP contribution in [0.3, 0.4) is 0 Å². The number of methoxy groups -OCH3 is 1. The van der Waals surface area contributed by atoms with Crippen molar-refractivity contribution in [2.45, 2.75) is 26.1 Å². The smallest absolute Gasteiger partial charge is 0.383 e. The molecule has 0 rings (SSSR count). The Bertz CT molecular complexity index is 234. The number of carbonyl (C=O) groups excluding carboxylic acids is 1. The summed E-state index contributed by atoms with van der Waals surface area (Å²) in [5.41, 5.74) is 0. The van der Waals surface area contributed by atoms with Gasteiger partial charge >= 0.3 is 6.18 Å². The average Bonchev–Trinajstić information content (AvgIpc) is 2.17. The van der Waals surface area contributed by atoms with Crippen molar-refractivity contribution in [2.24, 2.45) is 0 Å². The summed E-state index contributed by atoms with van der Waals surface area (Å²) in [6.07, 6.45) is -4.30. The van der Waals surface area contributed by atoms with Gasteiger partial charge in [0.05, 0.1) is 25.7 Å². The van der Waals surface area contributed by atoms with Crippen LogP contribution in [0.25, 0.3) is 0 Å². The van der Waals surface area contributed by atoms with Crippen molar-refractivity contribution in [1.82, 2.24) is 10.2 Å². The number of rotatable bonds is 7. The lowest BCUT2D eigenvalue weighted by Crippen LogP contribution is -2.46. The Hall–Kier alpha value is -0.820. The van der Waals surface area contributed by atoms with Gasteiger partial charge < -0.3 is 15.0 Å².